The van der Waals surface area contributed by atoms with Crippen molar-refractivity contribution in [1.82, 2.24) is 5.32 Å². The number of nitrogens with one attached hydrogen (secondary N) is 1. The van der Waals surface area contributed by atoms with Crippen LogP contribution in [-0.2, 0) is 6.54 Å². The summed E-state index contributed by atoms with van der Waals surface area (Å²) in [5.74, 6) is 0.962. The van der Waals surface area contributed by atoms with Crippen molar-refractivity contribution in [3.63, 3.8) is 0 Å². The minimum Gasteiger partial charge on any atom is -0.147 e. The van der Waals surface area contributed by atoms with Crippen LogP contribution in [0.2, 0.25) is 5.21 Å². The number of hydrogen-bond acceptors (Lipinski definition) is 4. The Morgan fingerprint density at radius 3 is 2.35 bits per heavy atom. The first-order valence-corrected chi connectivity index (χ1v) is 10.1. The zero-order chi connectivity index (χ0) is 17.3. The summed E-state index contributed by atoms with van der Waals surface area (Å²) in [6.07, 6.45) is 2.47. The molecule has 2 heterocycles. The molecule has 0 spiro atoms. The standard InChI is InChI=1S/C19H24AsNO3.2ClH/c1-11-8-17(22)24-18-13(3)19-15(9-14(11)18)12(2)16(23-19)10-21-7-5-4-6-20;;/h8-9,21H,4-7,10,20H2,1-3H3;2*1H. The van der Waals surface area contributed by atoms with E-state index in [4.69, 9.17) is 8.83 Å². The van der Waals surface area contributed by atoms with Crippen LogP contribution in [0.25, 0.3) is 21.9 Å². The molecule has 0 aliphatic carbocycles. The maximum atomic E-state index is 11.7. The van der Waals surface area contributed by atoms with Gasteiger partial charge in [-0.2, -0.15) is 0 Å². The third kappa shape index (κ3) is 4.48. The summed E-state index contributed by atoms with van der Waals surface area (Å²) in [6.45, 7) is 7.73. The van der Waals surface area contributed by atoms with Crippen LogP contribution in [0.3, 0.4) is 0 Å². The smallest absolute Gasteiger partial charge is 0.147 e. The summed E-state index contributed by atoms with van der Waals surface area (Å²) in [5, 5.41) is 6.83. The van der Waals surface area contributed by atoms with Crippen molar-refractivity contribution in [3.05, 3.63) is 45.0 Å². The predicted molar refractivity (Wildman–Crippen MR) is 115 cm³/mol. The van der Waals surface area contributed by atoms with Gasteiger partial charge in [0.1, 0.15) is 0 Å². The zero-order valence-electron chi connectivity index (χ0n) is 15.3. The van der Waals surface area contributed by atoms with E-state index < -0.39 is 0 Å². The van der Waals surface area contributed by atoms with Crippen LogP contribution in [0, 0.1) is 20.8 Å². The number of halogens is 2. The van der Waals surface area contributed by atoms with E-state index in [9.17, 15) is 4.79 Å². The third-order valence-electron chi connectivity index (χ3n) is 4.56. The van der Waals surface area contributed by atoms with Crippen molar-refractivity contribution in [2.45, 2.75) is 45.4 Å². The molecule has 0 fully saturated rings. The van der Waals surface area contributed by atoms with Crippen LogP contribution >= 0.6 is 24.8 Å². The largest absolute Gasteiger partial charge is 0.147 e. The molecule has 144 valence electrons. The summed E-state index contributed by atoms with van der Waals surface area (Å²) >= 11 is 1.79. The Kier molecular flexibility index (Phi) is 8.75. The van der Waals surface area contributed by atoms with Gasteiger partial charge in [-0.1, -0.05) is 0 Å². The van der Waals surface area contributed by atoms with Crippen LogP contribution in [0.5, 0.6) is 0 Å². The molecule has 0 amide bonds. The molecule has 3 rings (SSSR count). The van der Waals surface area contributed by atoms with Crippen LogP contribution in [0.1, 0.15) is 35.3 Å². The van der Waals surface area contributed by atoms with Crippen LogP contribution in [-0.4, -0.2) is 23.4 Å². The normalized spacial score (nSPS) is 10.8. The summed E-state index contributed by atoms with van der Waals surface area (Å²) in [7, 11) is 0. The third-order valence-corrected chi connectivity index (χ3v) is 5.42. The number of fused-ring (bicyclic) bond motifs is 2. The summed E-state index contributed by atoms with van der Waals surface area (Å²) in [5.41, 5.74) is 4.13. The Morgan fingerprint density at radius 2 is 1.65 bits per heavy atom. The van der Waals surface area contributed by atoms with E-state index in [1.54, 1.807) is 22.9 Å². The molecular weight excluding hydrogens is 436 g/mol. The van der Waals surface area contributed by atoms with Gasteiger partial charge < -0.3 is 0 Å². The Labute approximate surface area is 174 Å². The molecule has 0 saturated heterocycles. The fourth-order valence-corrected chi connectivity index (χ4v) is 3.72. The molecule has 1 atom stereocenters. The van der Waals surface area contributed by atoms with E-state index in [1.807, 2.05) is 13.8 Å². The molecule has 0 aliphatic heterocycles. The number of rotatable bonds is 6. The monoisotopic (exact) mass is 461 g/mol. The van der Waals surface area contributed by atoms with Gasteiger partial charge in [0.15, 0.2) is 0 Å². The summed E-state index contributed by atoms with van der Waals surface area (Å²) in [6, 6.07) is 3.62. The molecule has 26 heavy (non-hydrogen) atoms. The van der Waals surface area contributed by atoms with E-state index in [1.165, 1.54) is 18.1 Å². The van der Waals surface area contributed by atoms with Gasteiger partial charge in [0.2, 0.25) is 0 Å². The van der Waals surface area contributed by atoms with Crippen LogP contribution in [0.15, 0.2) is 25.8 Å². The average molecular weight is 462 g/mol. The van der Waals surface area contributed by atoms with E-state index in [0.717, 1.165) is 51.9 Å². The van der Waals surface area contributed by atoms with Crippen molar-refractivity contribution in [2.75, 3.05) is 6.54 Å². The number of benzene rings is 1. The quantitative estimate of drug-likeness (QED) is 0.339. The van der Waals surface area contributed by atoms with Crippen molar-refractivity contribution in [2.24, 2.45) is 0 Å². The van der Waals surface area contributed by atoms with Crippen molar-refractivity contribution in [1.29, 1.82) is 0 Å². The SMILES string of the molecule is Cc1cc(=O)oc2c(C)c3oc(CNCCCC[AsH2])c(C)c3cc12.Cl.Cl. The van der Waals surface area contributed by atoms with Gasteiger partial charge in [-0.15, -0.1) is 24.8 Å². The molecule has 0 radical (unpaired) electrons. The van der Waals surface area contributed by atoms with E-state index in [0.29, 0.717) is 5.58 Å². The molecule has 2 aromatic heterocycles. The first kappa shape index (κ1) is 23.1. The van der Waals surface area contributed by atoms with Crippen LogP contribution in [0.4, 0.5) is 0 Å². The van der Waals surface area contributed by atoms with Crippen molar-refractivity contribution in [3.8, 4) is 0 Å². The van der Waals surface area contributed by atoms with E-state index >= 15 is 0 Å². The fourth-order valence-electron chi connectivity index (χ4n) is 3.12. The molecule has 3 aromatic rings. The molecule has 0 aliphatic rings. The molecule has 4 nitrogen and oxygen atoms in total. The number of hydrogen-bond donors (Lipinski definition) is 1. The molecule has 0 bridgehead atoms. The zero-order valence-corrected chi connectivity index (χ0v) is 19.4. The minimum absolute atomic E-state index is 0. The molecule has 0 saturated carbocycles. The fraction of sp³-hybridized carbons (Fsp3) is 0.421. The topological polar surface area (TPSA) is 55.4 Å². The second kappa shape index (κ2) is 9.85. The maximum absolute atomic E-state index is 11.7. The number of unbranched alkanes of at least 4 members (excludes halogenated alkanes) is 1. The molecule has 1 unspecified atom stereocenters. The van der Waals surface area contributed by atoms with Gasteiger partial charge in [-0.25, -0.2) is 4.79 Å². The second-order valence-electron chi connectivity index (χ2n) is 6.33. The van der Waals surface area contributed by atoms with Gasteiger partial charge in [-0.3, -0.25) is 0 Å². The minimum atomic E-state index is -0.315. The van der Waals surface area contributed by atoms with E-state index in [2.05, 4.69) is 18.3 Å². The van der Waals surface area contributed by atoms with Gasteiger partial charge in [0.25, 0.3) is 0 Å². The molecule has 1 N–H and O–H groups in total. The number of aryl methyl sites for hydroxylation is 3. The van der Waals surface area contributed by atoms with Gasteiger partial charge in [-0.05, 0) is 6.92 Å². The van der Waals surface area contributed by atoms with E-state index in [-0.39, 0.29) is 30.4 Å². The average Bonchev–Trinajstić information content (AvgIpc) is 2.86. The van der Waals surface area contributed by atoms with Gasteiger partial charge >= 0.3 is 132 Å². The first-order chi connectivity index (χ1) is 11.5. The van der Waals surface area contributed by atoms with Crippen molar-refractivity contribution >= 4 is 63.6 Å². The second-order valence-corrected chi connectivity index (χ2v) is 7.54. The van der Waals surface area contributed by atoms with Crippen LogP contribution < -0.4 is 10.9 Å². The number of furan rings is 1. The van der Waals surface area contributed by atoms with Gasteiger partial charge in [0, 0.05) is 6.07 Å². The molecule has 1 aromatic carbocycles. The summed E-state index contributed by atoms with van der Waals surface area (Å²) in [4.78, 5) is 11.7. The van der Waals surface area contributed by atoms with Gasteiger partial charge in [0.05, 0.1) is 0 Å². The molecule has 7 heteroatoms. The first-order valence-electron chi connectivity index (χ1n) is 8.39. The Balaban J connectivity index is 0.00000169. The molecular formula is C19H26AsCl2NO3. The predicted octanol–water partition coefficient (Wildman–Crippen LogP) is 4.23. The Bertz CT molecular complexity index is 949. The maximum Gasteiger partial charge on any atom is -0.147 e. The Hall–Kier alpha value is -0.932. The Morgan fingerprint density at radius 1 is 0.962 bits per heavy atom. The van der Waals surface area contributed by atoms with Crippen molar-refractivity contribution < 1.29 is 8.83 Å². The summed E-state index contributed by atoms with van der Waals surface area (Å²) < 4.78 is 11.5.